The van der Waals surface area contributed by atoms with E-state index in [-0.39, 0.29) is 0 Å². The summed E-state index contributed by atoms with van der Waals surface area (Å²) in [7, 11) is 0. The maximum absolute atomic E-state index is 3.50. The van der Waals surface area contributed by atoms with Crippen LogP contribution in [0.4, 0.5) is 0 Å². The topological polar surface area (TPSA) is 12.0 Å². The molecule has 0 bridgehead atoms. The van der Waals surface area contributed by atoms with Gasteiger partial charge in [-0.05, 0) is 25.8 Å². The Morgan fingerprint density at radius 1 is 1.43 bits per heavy atom. The van der Waals surface area contributed by atoms with E-state index in [0.29, 0.717) is 6.04 Å². The number of halogens is 1. The van der Waals surface area contributed by atoms with Crippen LogP contribution >= 0.6 is 15.9 Å². The predicted octanol–water partition coefficient (Wildman–Crippen LogP) is 3.26. The minimum Gasteiger partial charge on any atom is -0.310 e. The lowest BCUT2D eigenvalue weighted by Gasteiger charge is -2.12. The van der Waals surface area contributed by atoms with Crippen molar-refractivity contribution in [3.05, 3.63) is 35.4 Å². The molecule has 0 fully saturated rings. The minimum absolute atomic E-state index is 0.579. The molecular formula is C12H18BrN. The molecule has 0 spiro atoms. The molecular weight excluding hydrogens is 238 g/mol. The van der Waals surface area contributed by atoms with Gasteiger partial charge in [0, 0.05) is 17.9 Å². The predicted molar refractivity (Wildman–Crippen MR) is 65.9 cm³/mol. The van der Waals surface area contributed by atoms with E-state index in [2.05, 4.69) is 59.4 Å². The van der Waals surface area contributed by atoms with Crippen molar-refractivity contribution in [2.75, 3.05) is 5.33 Å². The molecule has 0 saturated heterocycles. The molecule has 0 saturated carbocycles. The Hall–Kier alpha value is -0.340. The van der Waals surface area contributed by atoms with Crippen LogP contribution < -0.4 is 5.32 Å². The molecule has 1 rings (SSSR count). The van der Waals surface area contributed by atoms with Gasteiger partial charge < -0.3 is 5.32 Å². The van der Waals surface area contributed by atoms with Crippen LogP contribution in [0.15, 0.2) is 24.3 Å². The highest BCUT2D eigenvalue weighted by Gasteiger charge is 1.99. The Labute approximate surface area is 95.0 Å². The maximum atomic E-state index is 3.50. The molecule has 0 amide bonds. The lowest BCUT2D eigenvalue weighted by Crippen LogP contribution is -2.25. The van der Waals surface area contributed by atoms with Crippen molar-refractivity contribution < 1.29 is 0 Å². The second-order valence-corrected chi connectivity index (χ2v) is 4.54. The zero-order valence-corrected chi connectivity index (χ0v) is 10.5. The first-order chi connectivity index (χ1) is 6.72. The number of nitrogens with one attached hydrogen (secondary N) is 1. The third kappa shape index (κ3) is 4.25. The summed E-state index contributed by atoms with van der Waals surface area (Å²) in [6.45, 7) is 5.32. The van der Waals surface area contributed by atoms with Gasteiger partial charge in [0.2, 0.25) is 0 Å². The Kier molecular flexibility index (Phi) is 5.20. The first-order valence-electron chi connectivity index (χ1n) is 5.07. The van der Waals surface area contributed by atoms with E-state index in [1.165, 1.54) is 17.5 Å². The highest BCUT2D eigenvalue weighted by molar-refractivity contribution is 9.09. The first-order valence-corrected chi connectivity index (χ1v) is 6.19. The number of benzene rings is 1. The van der Waals surface area contributed by atoms with Crippen LogP contribution in [0.5, 0.6) is 0 Å². The molecule has 1 aromatic rings. The fraction of sp³-hybridized carbons (Fsp3) is 0.500. The standard InChI is InChI=1S/C12H18BrN/c1-10-4-3-5-12(8-10)9-14-11(2)6-7-13/h3-5,8,11,14H,6-7,9H2,1-2H3. The largest absolute Gasteiger partial charge is 0.310 e. The molecule has 2 heteroatoms. The molecule has 0 aliphatic carbocycles. The van der Waals surface area contributed by atoms with Crippen LogP contribution in [-0.4, -0.2) is 11.4 Å². The van der Waals surface area contributed by atoms with Gasteiger partial charge in [0.1, 0.15) is 0 Å². The Morgan fingerprint density at radius 2 is 2.21 bits per heavy atom. The van der Waals surface area contributed by atoms with Crippen LogP contribution in [-0.2, 0) is 6.54 Å². The van der Waals surface area contributed by atoms with Crippen LogP contribution in [0, 0.1) is 6.92 Å². The van der Waals surface area contributed by atoms with Crippen LogP contribution in [0.25, 0.3) is 0 Å². The van der Waals surface area contributed by atoms with Crippen molar-refractivity contribution >= 4 is 15.9 Å². The van der Waals surface area contributed by atoms with Gasteiger partial charge in [0.15, 0.2) is 0 Å². The average molecular weight is 256 g/mol. The molecule has 1 aromatic carbocycles. The Morgan fingerprint density at radius 3 is 2.86 bits per heavy atom. The van der Waals surface area contributed by atoms with Crippen molar-refractivity contribution in [2.24, 2.45) is 0 Å². The second kappa shape index (κ2) is 6.20. The molecule has 1 nitrogen and oxygen atoms in total. The summed E-state index contributed by atoms with van der Waals surface area (Å²) < 4.78 is 0. The van der Waals surface area contributed by atoms with E-state index in [1.54, 1.807) is 0 Å². The highest BCUT2D eigenvalue weighted by atomic mass is 79.9. The molecule has 1 atom stereocenters. The van der Waals surface area contributed by atoms with Gasteiger partial charge >= 0.3 is 0 Å². The summed E-state index contributed by atoms with van der Waals surface area (Å²) in [5, 5.41) is 4.56. The third-order valence-corrected chi connectivity index (χ3v) is 2.74. The van der Waals surface area contributed by atoms with Gasteiger partial charge in [0.05, 0.1) is 0 Å². The van der Waals surface area contributed by atoms with E-state index < -0.39 is 0 Å². The van der Waals surface area contributed by atoms with E-state index in [4.69, 9.17) is 0 Å². The van der Waals surface area contributed by atoms with Crippen molar-refractivity contribution in [3.8, 4) is 0 Å². The van der Waals surface area contributed by atoms with Crippen molar-refractivity contribution in [3.63, 3.8) is 0 Å². The average Bonchev–Trinajstić information content (AvgIpc) is 2.15. The highest BCUT2D eigenvalue weighted by Crippen LogP contribution is 2.04. The molecule has 0 radical (unpaired) electrons. The fourth-order valence-electron chi connectivity index (χ4n) is 1.38. The molecule has 1 unspecified atom stereocenters. The van der Waals surface area contributed by atoms with Crippen LogP contribution in [0.2, 0.25) is 0 Å². The molecule has 0 heterocycles. The minimum atomic E-state index is 0.579. The quantitative estimate of drug-likeness (QED) is 0.797. The normalized spacial score (nSPS) is 12.8. The third-order valence-electron chi connectivity index (χ3n) is 2.28. The monoisotopic (exact) mass is 255 g/mol. The number of aryl methyl sites for hydroxylation is 1. The van der Waals surface area contributed by atoms with Gasteiger partial charge in [0.25, 0.3) is 0 Å². The number of alkyl halides is 1. The van der Waals surface area contributed by atoms with Gasteiger partial charge in [-0.3, -0.25) is 0 Å². The molecule has 14 heavy (non-hydrogen) atoms. The number of rotatable bonds is 5. The lowest BCUT2D eigenvalue weighted by atomic mass is 10.1. The van der Waals surface area contributed by atoms with Crippen LogP contribution in [0.1, 0.15) is 24.5 Å². The SMILES string of the molecule is Cc1cccc(CNC(C)CCBr)c1. The summed E-state index contributed by atoms with van der Waals surface area (Å²) >= 11 is 3.45. The van der Waals surface area contributed by atoms with E-state index in [0.717, 1.165) is 11.9 Å². The zero-order chi connectivity index (χ0) is 10.4. The van der Waals surface area contributed by atoms with Gasteiger partial charge in [-0.25, -0.2) is 0 Å². The molecule has 0 aliphatic rings. The molecule has 0 aliphatic heterocycles. The molecule has 78 valence electrons. The Bertz CT molecular complexity index is 273. The van der Waals surface area contributed by atoms with E-state index in [1.807, 2.05) is 0 Å². The number of hydrogen-bond acceptors (Lipinski definition) is 1. The summed E-state index contributed by atoms with van der Waals surface area (Å²) in [5.74, 6) is 0. The zero-order valence-electron chi connectivity index (χ0n) is 8.89. The van der Waals surface area contributed by atoms with Crippen molar-refractivity contribution in [1.82, 2.24) is 5.32 Å². The Balaban J connectivity index is 2.37. The maximum Gasteiger partial charge on any atom is 0.0208 e. The summed E-state index contributed by atoms with van der Waals surface area (Å²) in [6.07, 6.45) is 1.17. The summed E-state index contributed by atoms with van der Waals surface area (Å²) in [6, 6.07) is 9.22. The smallest absolute Gasteiger partial charge is 0.0208 e. The van der Waals surface area contributed by atoms with Gasteiger partial charge in [-0.15, -0.1) is 0 Å². The van der Waals surface area contributed by atoms with Crippen molar-refractivity contribution in [2.45, 2.75) is 32.9 Å². The van der Waals surface area contributed by atoms with E-state index >= 15 is 0 Å². The van der Waals surface area contributed by atoms with Crippen molar-refractivity contribution in [1.29, 1.82) is 0 Å². The molecule has 0 aromatic heterocycles. The van der Waals surface area contributed by atoms with Gasteiger partial charge in [-0.1, -0.05) is 45.8 Å². The van der Waals surface area contributed by atoms with Gasteiger partial charge in [-0.2, -0.15) is 0 Å². The summed E-state index contributed by atoms with van der Waals surface area (Å²) in [4.78, 5) is 0. The first kappa shape index (κ1) is 11.7. The van der Waals surface area contributed by atoms with E-state index in [9.17, 15) is 0 Å². The molecule has 1 N–H and O–H groups in total. The summed E-state index contributed by atoms with van der Waals surface area (Å²) in [5.41, 5.74) is 2.70. The fourth-order valence-corrected chi connectivity index (χ4v) is 2.07. The lowest BCUT2D eigenvalue weighted by molar-refractivity contribution is 0.538. The number of hydrogen-bond donors (Lipinski definition) is 1. The van der Waals surface area contributed by atoms with Crippen LogP contribution in [0.3, 0.4) is 0 Å². The second-order valence-electron chi connectivity index (χ2n) is 3.75.